The van der Waals surface area contributed by atoms with Crippen molar-refractivity contribution >= 4 is 6.09 Å². The third kappa shape index (κ3) is 7.68. The van der Waals surface area contributed by atoms with Crippen molar-refractivity contribution in [3.05, 3.63) is 35.9 Å². The highest BCUT2D eigenvalue weighted by atomic mass is 16.4. The third-order valence-electron chi connectivity index (χ3n) is 3.32. The van der Waals surface area contributed by atoms with Crippen LogP contribution in [0.15, 0.2) is 30.3 Å². The molecule has 2 atom stereocenters. The Labute approximate surface area is 126 Å². The van der Waals surface area contributed by atoms with E-state index in [0.29, 0.717) is 18.9 Å². The van der Waals surface area contributed by atoms with Gasteiger partial charge in [0.25, 0.3) is 0 Å². The van der Waals surface area contributed by atoms with Crippen LogP contribution in [0.5, 0.6) is 0 Å². The fourth-order valence-electron chi connectivity index (χ4n) is 2.09. The molecule has 0 fully saturated rings. The molecule has 0 aliphatic heterocycles. The predicted molar refractivity (Wildman–Crippen MR) is 83.4 cm³/mol. The SMILES string of the molecule is CC(C)CCNC[C@@H](O)[C@H](Cc1ccccc1)NC(=O)O. The molecule has 0 bridgehead atoms. The number of hydrogen-bond acceptors (Lipinski definition) is 3. The van der Waals surface area contributed by atoms with E-state index in [2.05, 4.69) is 24.5 Å². The number of aliphatic hydroxyl groups excluding tert-OH is 1. The van der Waals surface area contributed by atoms with Gasteiger partial charge in [0.1, 0.15) is 0 Å². The van der Waals surface area contributed by atoms with Crippen molar-refractivity contribution < 1.29 is 15.0 Å². The molecule has 5 nitrogen and oxygen atoms in total. The van der Waals surface area contributed by atoms with Gasteiger partial charge in [-0.05, 0) is 30.9 Å². The molecule has 5 heteroatoms. The second kappa shape index (κ2) is 9.37. The van der Waals surface area contributed by atoms with Gasteiger partial charge in [-0.3, -0.25) is 0 Å². The van der Waals surface area contributed by atoms with Gasteiger partial charge in [0.2, 0.25) is 0 Å². The van der Waals surface area contributed by atoms with Crippen LogP contribution in [0, 0.1) is 5.92 Å². The van der Waals surface area contributed by atoms with Gasteiger partial charge in [-0.15, -0.1) is 0 Å². The van der Waals surface area contributed by atoms with E-state index >= 15 is 0 Å². The van der Waals surface area contributed by atoms with Crippen LogP contribution in [-0.4, -0.2) is 41.5 Å². The number of carbonyl (C=O) groups is 1. The fourth-order valence-corrected chi connectivity index (χ4v) is 2.09. The first kappa shape index (κ1) is 17.5. The number of hydrogen-bond donors (Lipinski definition) is 4. The van der Waals surface area contributed by atoms with Crippen LogP contribution in [0.2, 0.25) is 0 Å². The van der Waals surface area contributed by atoms with Gasteiger partial charge in [0, 0.05) is 6.54 Å². The normalized spacial score (nSPS) is 13.9. The molecule has 0 aliphatic carbocycles. The van der Waals surface area contributed by atoms with Crippen molar-refractivity contribution in [2.45, 2.75) is 38.8 Å². The summed E-state index contributed by atoms with van der Waals surface area (Å²) >= 11 is 0. The molecule has 1 rings (SSSR count). The summed E-state index contributed by atoms with van der Waals surface area (Å²) < 4.78 is 0. The maximum Gasteiger partial charge on any atom is 0.404 e. The van der Waals surface area contributed by atoms with Crippen molar-refractivity contribution in [3.8, 4) is 0 Å². The van der Waals surface area contributed by atoms with E-state index < -0.39 is 18.2 Å². The lowest BCUT2D eigenvalue weighted by Gasteiger charge is -2.23. The van der Waals surface area contributed by atoms with Gasteiger partial charge in [0.15, 0.2) is 0 Å². The Kier molecular flexibility index (Phi) is 7.79. The van der Waals surface area contributed by atoms with Crippen LogP contribution in [-0.2, 0) is 6.42 Å². The summed E-state index contributed by atoms with van der Waals surface area (Å²) in [5, 5.41) is 24.7. The smallest absolute Gasteiger partial charge is 0.404 e. The van der Waals surface area contributed by atoms with E-state index in [1.165, 1.54) is 0 Å². The largest absolute Gasteiger partial charge is 0.465 e. The molecule has 0 aliphatic rings. The van der Waals surface area contributed by atoms with Gasteiger partial charge in [-0.2, -0.15) is 0 Å². The molecule has 118 valence electrons. The van der Waals surface area contributed by atoms with Crippen molar-refractivity contribution in [2.24, 2.45) is 5.92 Å². The Morgan fingerprint density at radius 3 is 2.48 bits per heavy atom. The van der Waals surface area contributed by atoms with Gasteiger partial charge in [0.05, 0.1) is 12.1 Å². The van der Waals surface area contributed by atoms with Crippen molar-refractivity contribution in [3.63, 3.8) is 0 Å². The summed E-state index contributed by atoms with van der Waals surface area (Å²) in [5.41, 5.74) is 0.998. The maximum absolute atomic E-state index is 10.9. The first-order valence-corrected chi connectivity index (χ1v) is 7.41. The highest BCUT2D eigenvalue weighted by Crippen LogP contribution is 2.06. The van der Waals surface area contributed by atoms with E-state index in [1.807, 2.05) is 30.3 Å². The predicted octanol–water partition coefficient (Wildman–Crippen LogP) is 1.86. The van der Waals surface area contributed by atoms with Crippen molar-refractivity contribution in [1.82, 2.24) is 10.6 Å². The zero-order chi connectivity index (χ0) is 15.7. The van der Waals surface area contributed by atoms with E-state index in [4.69, 9.17) is 5.11 Å². The molecule has 0 aromatic heterocycles. The molecule has 0 saturated carbocycles. The number of carboxylic acid groups (broad SMARTS) is 1. The molecule has 0 radical (unpaired) electrons. The van der Waals surface area contributed by atoms with Crippen LogP contribution >= 0.6 is 0 Å². The number of rotatable bonds is 9. The summed E-state index contributed by atoms with van der Waals surface area (Å²) in [6, 6.07) is 9.05. The molecular weight excluding hydrogens is 268 g/mol. The number of aliphatic hydroxyl groups is 1. The molecule has 1 aromatic rings. The molecule has 1 aromatic carbocycles. The Morgan fingerprint density at radius 1 is 1.24 bits per heavy atom. The Morgan fingerprint density at radius 2 is 1.90 bits per heavy atom. The van der Waals surface area contributed by atoms with E-state index in [1.54, 1.807) is 0 Å². The molecule has 4 N–H and O–H groups in total. The topological polar surface area (TPSA) is 81.6 Å². The summed E-state index contributed by atoms with van der Waals surface area (Å²) in [6.45, 7) is 5.48. The first-order valence-electron chi connectivity index (χ1n) is 7.41. The molecule has 0 saturated heterocycles. The minimum atomic E-state index is -1.11. The van der Waals surface area contributed by atoms with E-state index in [-0.39, 0.29) is 0 Å². The number of nitrogens with one attached hydrogen (secondary N) is 2. The monoisotopic (exact) mass is 294 g/mol. The van der Waals surface area contributed by atoms with Crippen LogP contribution in [0.4, 0.5) is 4.79 Å². The van der Waals surface area contributed by atoms with E-state index in [0.717, 1.165) is 18.5 Å². The quantitative estimate of drug-likeness (QED) is 0.524. The van der Waals surface area contributed by atoms with Gasteiger partial charge >= 0.3 is 6.09 Å². The van der Waals surface area contributed by atoms with E-state index in [9.17, 15) is 9.90 Å². The Balaban J connectivity index is 2.49. The lowest BCUT2D eigenvalue weighted by Crippen LogP contribution is -2.48. The summed E-state index contributed by atoms with van der Waals surface area (Å²) in [5.74, 6) is 0.604. The first-order chi connectivity index (χ1) is 9.99. The summed E-state index contributed by atoms with van der Waals surface area (Å²) in [7, 11) is 0. The van der Waals surface area contributed by atoms with Crippen LogP contribution in [0.1, 0.15) is 25.8 Å². The average Bonchev–Trinajstić information content (AvgIpc) is 2.43. The second-order valence-corrected chi connectivity index (χ2v) is 5.70. The number of amides is 1. The Bertz CT molecular complexity index is 409. The molecule has 0 heterocycles. The molecule has 0 spiro atoms. The lowest BCUT2D eigenvalue weighted by atomic mass is 10.0. The fraction of sp³-hybridized carbons (Fsp3) is 0.562. The molecular formula is C16H26N2O3. The Hall–Kier alpha value is -1.59. The second-order valence-electron chi connectivity index (χ2n) is 5.70. The molecule has 1 amide bonds. The van der Waals surface area contributed by atoms with Crippen LogP contribution in [0.25, 0.3) is 0 Å². The minimum Gasteiger partial charge on any atom is -0.465 e. The highest BCUT2D eigenvalue weighted by molar-refractivity contribution is 5.65. The zero-order valence-electron chi connectivity index (χ0n) is 12.7. The van der Waals surface area contributed by atoms with Crippen LogP contribution < -0.4 is 10.6 Å². The van der Waals surface area contributed by atoms with Gasteiger partial charge < -0.3 is 20.8 Å². The lowest BCUT2D eigenvalue weighted by molar-refractivity contribution is 0.117. The zero-order valence-corrected chi connectivity index (χ0v) is 12.7. The summed E-state index contributed by atoms with van der Waals surface area (Å²) in [4.78, 5) is 10.9. The number of benzene rings is 1. The van der Waals surface area contributed by atoms with Gasteiger partial charge in [-0.1, -0.05) is 44.2 Å². The minimum absolute atomic E-state index is 0.379. The van der Waals surface area contributed by atoms with Crippen molar-refractivity contribution in [2.75, 3.05) is 13.1 Å². The maximum atomic E-state index is 10.9. The molecule has 0 unspecified atom stereocenters. The summed E-state index contributed by atoms with van der Waals surface area (Å²) in [6.07, 6.45) is -0.367. The standard InChI is InChI=1S/C16H26N2O3/c1-12(2)8-9-17-11-15(19)14(18-16(20)21)10-13-6-4-3-5-7-13/h3-7,12,14-15,17-19H,8-11H2,1-2H3,(H,20,21)/t14-,15+/m0/s1. The third-order valence-corrected chi connectivity index (χ3v) is 3.32. The average molecular weight is 294 g/mol. The highest BCUT2D eigenvalue weighted by Gasteiger charge is 2.21. The van der Waals surface area contributed by atoms with Gasteiger partial charge in [-0.25, -0.2) is 4.79 Å². The van der Waals surface area contributed by atoms with Crippen LogP contribution in [0.3, 0.4) is 0 Å². The molecule has 21 heavy (non-hydrogen) atoms. The van der Waals surface area contributed by atoms with Crippen molar-refractivity contribution in [1.29, 1.82) is 0 Å².